The SMILES string of the molecule is CCCCN(C)CCCCCn1c2c(c3ccccc31)CCSc1cc(OC)ccc1-2. The molecular formula is C27H36N2OS. The molecule has 0 aliphatic carbocycles. The molecule has 0 atom stereocenters. The summed E-state index contributed by atoms with van der Waals surface area (Å²) in [6.07, 6.45) is 7.49. The third-order valence-corrected chi connectivity index (χ3v) is 7.50. The molecule has 1 aromatic heterocycles. The van der Waals surface area contributed by atoms with Crippen LogP contribution < -0.4 is 4.74 Å². The van der Waals surface area contributed by atoms with E-state index in [2.05, 4.69) is 65.9 Å². The van der Waals surface area contributed by atoms with Crippen molar-refractivity contribution >= 4 is 22.7 Å². The van der Waals surface area contributed by atoms with Crippen molar-refractivity contribution in [1.82, 2.24) is 9.47 Å². The van der Waals surface area contributed by atoms with E-state index < -0.39 is 0 Å². The van der Waals surface area contributed by atoms with Gasteiger partial charge in [-0.3, -0.25) is 0 Å². The number of benzene rings is 2. The van der Waals surface area contributed by atoms with Crippen molar-refractivity contribution in [3.63, 3.8) is 0 Å². The first kappa shape index (κ1) is 22.3. The summed E-state index contributed by atoms with van der Waals surface area (Å²) in [5.74, 6) is 2.07. The third-order valence-electron chi connectivity index (χ3n) is 6.44. The molecule has 3 aromatic rings. The quantitative estimate of drug-likeness (QED) is 0.323. The van der Waals surface area contributed by atoms with Gasteiger partial charge in [-0.15, -0.1) is 11.8 Å². The smallest absolute Gasteiger partial charge is 0.120 e. The van der Waals surface area contributed by atoms with Crippen LogP contribution in [0.15, 0.2) is 47.4 Å². The van der Waals surface area contributed by atoms with Gasteiger partial charge < -0.3 is 14.2 Å². The van der Waals surface area contributed by atoms with Crippen molar-refractivity contribution in [1.29, 1.82) is 0 Å². The van der Waals surface area contributed by atoms with Gasteiger partial charge in [-0.2, -0.15) is 0 Å². The second-order valence-corrected chi connectivity index (χ2v) is 9.81. The molecule has 0 spiro atoms. The lowest BCUT2D eigenvalue weighted by Gasteiger charge is -2.17. The van der Waals surface area contributed by atoms with Crippen LogP contribution in [0, 0.1) is 0 Å². The van der Waals surface area contributed by atoms with E-state index in [0.717, 1.165) is 24.5 Å². The molecule has 2 heterocycles. The molecule has 4 rings (SSSR count). The standard InChI is InChI=1S/C27H36N2OS/c1-4-5-16-28(2)17-9-6-10-18-29-25-12-8-7-11-22(25)23-15-19-31-26-20-21(30-3)13-14-24(26)27(23)29/h7-8,11-14,20H,4-6,9-10,15-19H2,1-3H3. The number of methoxy groups -OCH3 is 1. The number of thioether (sulfide) groups is 1. The van der Waals surface area contributed by atoms with Gasteiger partial charge in [0.2, 0.25) is 0 Å². The lowest BCUT2D eigenvalue weighted by atomic mass is 10.0. The Kier molecular flexibility index (Phi) is 7.62. The number of hydrogen-bond donors (Lipinski definition) is 0. The Bertz CT molecular complexity index is 1010. The number of nitrogens with zero attached hydrogens (tertiary/aromatic N) is 2. The molecule has 3 nitrogen and oxygen atoms in total. The minimum Gasteiger partial charge on any atom is -0.497 e. The summed E-state index contributed by atoms with van der Waals surface area (Å²) in [6, 6.07) is 15.6. The maximum absolute atomic E-state index is 5.51. The molecule has 0 fully saturated rings. The van der Waals surface area contributed by atoms with Crippen LogP contribution in [0.2, 0.25) is 0 Å². The number of fused-ring (bicyclic) bond motifs is 5. The lowest BCUT2D eigenvalue weighted by molar-refractivity contribution is 0.318. The summed E-state index contributed by atoms with van der Waals surface area (Å²) in [4.78, 5) is 3.83. The molecule has 0 saturated carbocycles. The van der Waals surface area contributed by atoms with E-state index >= 15 is 0 Å². The number of aryl methyl sites for hydroxylation is 2. The molecule has 166 valence electrons. The van der Waals surface area contributed by atoms with Gasteiger partial charge in [0.05, 0.1) is 12.8 Å². The molecule has 0 N–H and O–H groups in total. The Labute approximate surface area is 191 Å². The molecule has 0 amide bonds. The van der Waals surface area contributed by atoms with Crippen molar-refractivity contribution in [2.45, 2.75) is 56.9 Å². The Balaban J connectivity index is 1.57. The molecule has 31 heavy (non-hydrogen) atoms. The monoisotopic (exact) mass is 436 g/mol. The normalized spacial score (nSPS) is 13.3. The van der Waals surface area contributed by atoms with Crippen molar-refractivity contribution < 1.29 is 4.74 Å². The topological polar surface area (TPSA) is 17.4 Å². The minimum atomic E-state index is 0.949. The van der Waals surface area contributed by atoms with E-state index in [1.807, 2.05) is 11.8 Å². The van der Waals surface area contributed by atoms with E-state index in [0.29, 0.717) is 0 Å². The van der Waals surface area contributed by atoms with Crippen LogP contribution in [0.1, 0.15) is 44.6 Å². The van der Waals surface area contributed by atoms with E-state index in [9.17, 15) is 0 Å². The fourth-order valence-electron chi connectivity index (χ4n) is 4.74. The highest BCUT2D eigenvalue weighted by Gasteiger charge is 2.23. The molecule has 1 aliphatic rings. The zero-order chi connectivity index (χ0) is 21.6. The summed E-state index contributed by atoms with van der Waals surface area (Å²) < 4.78 is 8.11. The van der Waals surface area contributed by atoms with Gasteiger partial charge >= 0.3 is 0 Å². The third kappa shape index (κ3) is 4.96. The average Bonchev–Trinajstić information content (AvgIpc) is 2.97. The molecule has 1 aliphatic heterocycles. The van der Waals surface area contributed by atoms with Crippen LogP contribution in [0.4, 0.5) is 0 Å². The van der Waals surface area contributed by atoms with Crippen LogP contribution >= 0.6 is 11.8 Å². The number of rotatable bonds is 10. The average molecular weight is 437 g/mol. The van der Waals surface area contributed by atoms with Crippen molar-refractivity contribution in [3.8, 4) is 17.0 Å². The molecule has 0 unspecified atom stereocenters. The Morgan fingerprint density at radius 1 is 1.03 bits per heavy atom. The van der Waals surface area contributed by atoms with Crippen LogP contribution in [-0.4, -0.2) is 42.5 Å². The predicted molar refractivity (Wildman–Crippen MR) is 135 cm³/mol. The van der Waals surface area contributed by atoms with Gasteiger partial charge in [0, 0.05) is 33.7 Å². The molecule has 4 heteroatoms. The van der Waals surface area contributed by atoms with Gasteiger partial charge in [0.25, 0.3) is 0 Å². The Morgan fingerprint density at radius 3 is 2.71 bits per heavy atom. The highest BCUT2D eigenvalue weighted by atomic mass is 32.2. The number of para-hydroxylation sites is 1. The maximum Gasteiger partial charge on any atom is 0.120 e. The van der Waals surface area contributed by atoms with Gasteiger partial charge in [-0.05, 0) is 75.6 Å². The second-order valence-electron chi connectivity index (χ2n) is 8.67. The van der Waals surface area contributed by atoms with Crippen LogP contribution in [0.5, 0.6) is 5.75 Å². The zero-order valence-electron chi connectivity index (χ0n) is 19.3. The van der Waals surface area contributed by atoms with Gasteiger partial charge in [-0.25, -0.2) is 0 Å². The zero-order valence-corrected chi connectivity index (χ0v) is 20.1. The molecule has 2 aromatic carbocycles. The lowest BCUT2D eigenvalue weighted by Crippen LogP contribution is -2.20. The first-order valence-electron chi connectivity index (χ1n) is 11.8. The molecule has 0 bridgehead atoms. The van der Waals surface area contributed by atoms with E-state index in [1.165, 1.54) is 77.8 Å². The predicted octanol–water partition coefficient (Wildman–Crippen LogP) is 6.87. The molecular weight excluding hydrogens is 400 g/mol. The first-order chi connectivity index (χ1) is 15.2. The summed E-state index contributed by atoms with van der Waals surface area (Å²) in [5.41, 5.74) is 5.71. The summed E-state index contributed by atoms with van der Waals surface area (Å²) >= 11 is 1.96. The summed E-state index contributed by atoms with van der Waals surface area (Å²) in [6.45, 7) is 5.80. The largest absolute Gasteiger partial charge is 0.497 e. The van der Waals surface area contributed by atoms with Crippen molar-refractivity contribution in [2.24, 2.45) is 0 Å². The summed E-state index contributed by atoms with van der Waals surface area (Å²) in [5, 5.41) is 1.43. The Hall–Kier alpha value is -1.91. The van der Waals surface area contributed by atoms with Crippen molar-refractivity contribution in [3.05, 3.63) is 48.0 Å². The highest BCUT2D eigenvalue weighted by molar-refractivity contribution is 7.99. The Morgan fingerprint density at radius 2 is 1.87 bits per heavy atom. The summed E-state index contributed by atoms with van der Waals surface area (Å²) in [7, 11) is 4.02. The van der Waals surface area contributed by atoms with Gasteiger partial charge in [0.1, 0.15) is 5.75 Å². The minimum absolute atomic E-state index is 0.949. The van der Waals surface area contributed by atoms with E-state index in [-0.39, 0.29) is 0 Å². The maximum atomic E-state index is 5.51. The number of aromatic nitrogens is 1. The fourth-order valence-corrected chi connectivity index (χ4v) is 5.79. The number of hydrogen-bond acceptors (Lipinski definition) is 3. The highest BCUT2D eigenvalue weighted by Crippen LogP contribution is 2.43. The van der Waals surface area contributed by atoms with Gasteiger partial charge in [0.15, 0.2) is 0 Å². The number of unbranched alkanes of at least 4 members (excludes halogenated alkanes) is 3. The number of ether oxygens (including phenoxy) is 1. The van der Waals surface area contributed by atoms with E-state index in [1.54, 1.807) is 7.11 Å². The van der Waals surface area contributed by atoms with Crippen molar-refractivity contribution in [2.75, 3.05) is 33.0 Å². The van der Waals surface area contributed by atoms with E-state index in [4.69, 9.17) is 4.74 Å². The van der Waals surface area contributed by atoms with Gasteiger partial charge in [-0.1, -0.05) is 38.0 Å². The second kappa shape index (κ2) is 10.6. The van der Waals surface area contributed by atoms with Crippen LogP contribution in [0.3, 0.4) is 0 Å². The first-order valence-corrected chi connectivity index (χ1v) is 12.8. The molecule has 0 radical (unpaired) electrons. The van der Waals surface area contributed by atoms with Crippen LogP contribution in [0.25, 0.3) is 22.2 Å². The molecule has 0 saturated heterocycles. The fraction of sp³-hybridized carbons (Fsp3) is 0.481. The van der Waals surface area contributed by atoms with Crippen LogP contribution in [-0.2, 0) is 13.0 Å².